The summed E-state index contributed by atoms with van der Waals surface area (Å²) in [7, 11) is 0. The largest absolute Gasteiger partial charge is 0.466 e. The Balaban J connectivity index is 2.12. The van der Waals surface area contributed by atoms with Crippen LogP contribution < -0.4 is 5.32 Å². The van der Waals surface area contributed by atoms with Crippen molar-refractivity contribution in [2.75, 3.05) is 12.4 Å². The molecule has 2 rings (SSSR count). The van der Waals surface area contributed by atoms with Crippen LogP contribution in [0.5, 0.6) is 0 Å². The Labute approximate surface area is 153 Å². The van der Waals surface area contributed by atoms with Crippen molar-refractivity contribution in [2.45, 2.75) is 76.5 Å². The van der Waals surface area contributed by atoms with Crippen molar-refractivity contribution in [2.24, 2.45) is 0 Å². The van der Waals surface area contributed by atoms with Crippen molar-refractivity contribution in [3.63, 3.8) is 0 Å². The second-order valence-electron chi connectivity index (χ2n) is 6.55. The molecule has 1 N–H and O–H groups in total. The molecular weight excluding hydrogens is 340 g/mol. The smallest absolute Gasteiger partial charge is 0.313 e. The Morgan fingerprint density at radius 1 is 1.28 bits per heavy atom. The lowest BCUT2D eigenvalue weighted by Crippen LogP contribution is -2.31. The van der Waals surface area contributed by atoms with Crippen LogP contribution >= 0.6 is 11.8 Å². The van der Waals surface area contributed by atoms with E-state index in [0.717, 1.165) is 12.8 Å². The molecule has 0 saturated heterocycles. The van der Waals surface area contributed by atoms with E-state index in [2.05, 4.69) is 20.1 Å². The highest BCUT2D eigenvalue weighted by atomic mass is 32.2. The topological polar surface area (TPSA) is 86.1 Å². The number of ether oxygens (including phenoxy) is 1. The summed E-state index contributed by atoms with van der Waals surface area (Å²) >= 11 is 1.38. The van der Waals surface area contributed by atoms with Gasteiger partial charge in [-0.15, -0.1) is 10.2 Å². The highest BCUT2D eigenvalue weighted by Gasteiger charge is 2.25. The summed E-state index contributed by atoms with van der Waals surface area (Å²) in [6.07, 6.45) is 5.81. The number of aromatic nitrogens is 3. The van der Waals surface area contributed by atoms with Gasteiger partial charge in [0.25, 0.3) is 0 Å². The molecule has 0 aliphatic heterocycles. The van der Waals surface area contributed by atoms with Gasteiger partial charge in [0.1, 0.15) is 12.2 Å². The van der Waals surface area contributed by atoms with Gasteiger partial charge in [-0.3, -0.25) is 9.59 Å². The van der Waals surface area contributed by atoms with Gasteiger partial charge in [-0.2, -0.15) is 0 Å². The van der Waals surface area contributed by atoms with Crippen molar-refractivity contribution in [3.8, 4) is 0 Å². The summed E-state index contributed by atoms with van der Waals surface area (Å²) in [5.41, 5.74) is 0. The lowest BCUT2D eigenvalue weighted by atomic mass is 9.95. The van der Waals surface area contributed by atoms with E-state index in [0.29, 0.717) is 29.4 Å². The van der Waals surface area contributed by atoms with Crippen LogP contribution in [0.1, 0.15) is 64.7 Å². The van der Waals surface area contributed by atoms with Gasteiger partial charge in [0.2, 0.25) is 5.91 Å². The summed E-state index contributed by atoms with van der Waals surface area (Å²) in [4.78, 5) is 23.8. The van der Waals surface area contributed by atoms with Crippen LogP contribution in [0.15, 0.2) is 5.16 Å². The third-order valence-corrected chi connectivity index (χ3v) is 5.01. The second-order valence-corrected chi connectivity index (χ2v) is 7.50. The molecule has 0 radical (unpaired) electrons. The number of rotatable bonds is 8. The molecule has 7 nitrogen and oxygen atoms in total. The number of carbonyl (C=O) groups excluding carboxylic acids is 2. The Hall–Kier alpha value is -1.57. The number of esters is 1. The average molecular weight is 369 g/mol. The van der Waals surface area contributed by atoms with Crippen LogP contribution in [-0.2, 0) is 20.7 Å². The maximum absolute atomic E-state index is 11.9. The van der Waals surface area contributed by atoms with E-state index in [9.17, 15) is 9.59 Å². The minimum atomic E-state index is -0.291. The quantitative estimate of drug-likeness (QED) is 0.560. The first-order chi connectivity index (χ1) is 12.0. The van der Waals surface area contributed by atoms with Crippen LogP contribution in [-0.4, -0.2) is 45.0 Å². The van der Waals surface area contributed by atoms with Gasteiger partial charge in [-0.25, -0.2) is 0 Å². The standard InChI is InChI=1S/C17H28N4O3S/c1-4-24-16(23)10-14-19-20-17(25-11-15(22)18-12(2)3)21(14)13-8-6-5-7-9-13/h12-13H,4-11H2,1-3H3,(H,18,22). The zero-order chi connectivity index (χ0) is 18.2. The zero-order valence-electron chi connectivity index (χ0n) is 15.3. The first-order valence-electron chi connectivity index (χ1n) is 9.02. The normalized spacial score (nSPS) is 15.4. The van der Waals surface area contributed by atoms with E-state index in [1.54, 1.807) is 6.92 Å². The molecule has 0 bridgehead atoms. The van der Waals surface area contributed by atoms with Crippen molar-refractivity contribution in [3.05, 3.63) is 5.82 Å². The molecule has 1 aromatic heterocycles. The second kappa shape index (κ2) is 9.79. The molecule has 1 aromatic rings. The molecule has 1 amide bonds. The summed E-state index contributed by atoms with van der Waals surface area (Å²) in [6.45, 7) is 6.01. The number of hydrogen-bond donors (Lipinski definition) is 1. The maximum atomic E-state index is 11.9. The molecule has 1 aliphatic carbocycles. The van der Waals surface area contributed by atoms with Crippen LogP contribution in [0.25, 0.3) is 0 Å². The lowest BCUT2D eigenvalue weighted by molar-refractivity contribution is -0.142. The van der Waals surface area contributed by atoms with Crippen LogP contribution in [0, 0.1) is 0 Å². The SMILES string of the molecule is CCOC(=O)Cc1nnc(SCC(=O)NC(C)C)n1C1CCCCC1. The summed E-state index contributed by atoms with van der Waals surface area (Å²) < 4.78 is 7.11. The number of carbonyl (C=O) groups is 2. The van der Waals surface area contributed by atoms with Gasteiger partial charge in [0, 0.05) is 12.1 Å². The predicted octanol–water partition coefficient (Wildman–Crippen LogP) is 2.51. The first kappa shape index (κ1) is 19.8. The first-order valence-corrected chi connectivity index (χ1v) is 10.0. The average Bonchev–Trinajstić information content (AvgIpc) is 2.96. The Morgan fingerprint density at radius 3 is 2.64 bits per heavy atom. The monoisotopic (exact) mass is 368 g/mol. The van der Waals surface area contributed by atoms with Crippen LogP contribution in [0.2, 0.25) is 0 Å². The zero-order valence-corrected chi connectivity index (χ0v) is 16.1. The Bertz CT molecular complexity index is 582. The molecule has 8 heteroatoms. The molecule has 1 fully saturated rings. The minimum Gasteiger partial charge on any atom is -0.466 e. The fourth-order valence-corrected chi connectivity index (χ4v) is 3.90. The number of hydrogen-bond acceptors (Lipinski definition) is 6. The van der Waals surface area contributed by atoms with Gasteiger partial charge in [0.15, 0.2) is 5.16 Å². The van der Waals surface area contributed by atoms with Crippen molar-refractivity contribution < 1.29 is 14.3 Å². The molecule has 1 heterocycles. The molecule has 0 spiro atoms. The number of thioether (sulfide) groups is 1. The van der Waals surface area contributed by atoms with E-state index in [1.807, 2.05) is 13.8 Å². The molecule has 0 atom stereocenters. The van der Waals surface area contributed by atoms with Crippen molar-refractivity contribution >= 4 is 23.6 Å². The summed E-state index contributed by atoms with van der Waals surface area (Å²) in [5, 5.41) is 12.0. The van der Waals surface area contributed by atoms with E-state index < -0.39 is 0 Å². The third kappa shape index (κ3) is 6.02. The Kier molecular flexibility index (Phi) is 7.74. The molecular formula is C17H28N4O3S. The molecule has 1 aliphatic rings. The van der Waals surface area contributed by atoms with E-state index in [-0.39, 0.29) is 24.3 Å². The van der Waals surface area contributed by atoms with Crippen LogP contribution in [0.3, 0.4) is 0 Å². The summed E-state index contributed by atoms with van der Waals surface area (Å²) in [6, 6.07) is 0.410. The van der Waals surface area contributed by atoms with Crippen molar-refractivity contribution in [1.82, 2.24) is 20.1 Å². The maximum Gasteiger partial charge on any atom is 0.313 e. The van der Waals surface area contributed by atoms with Gasteiger partial charge in [-0.05, 0) is 33.6 Å². The molecule has 0 unspecified atom stereocenters. The van der Waals surface area contributed by atoms with Crippen molar-refractivity contribution in [1.29, 1.82) is 0 Å². The highest BCUT2D eigenvalue weighted by molar-refractivity contribution is 7.99. The highest BCUT2D eigenvalue weighted by Crippen LogP contribution is 2.32. The van der Waals surface area contributed by atoms with E-state index in [4.69, 9.17) is 4.74 Å². The minimum absolute atomic E-state index is 0.0230. The Morgan fingerprint density at radius 2 is 2.00 bits per heavy atom. The lowest BCUT2D eigenvalue weighted by Gasteiger charge is -2.25. The summed E-state index contributed by atoms with van der Waals surface area (Å²) in [5.74, 6) is 0.617. The third-order valence-electron chi connectivity index (χ3n) is 4.06. The van der Waals surface area contributed by atoms with Gasteiger partial charge < -0.3 is 14.6 Å². The number of amides is 1. The fraction of sp³-hybridized carbons (Fsp3) is 0.765. The molecule has 0 aromatic carbocycles. The molecule has 25 heavy (non-hydrogen) atoms. The van der Waals surface area contributed by atoms with E-state index in [1.165, 1.54) is 31.0 Å². The fourth-order valence-electron chi connectivity index (χ4n) is 3.07. The van der Waals surface area contributed by atoms with Gasteiger partial charge in [0.05, 0.1) is 12.4 Å². The number of nitrogens with zero attached hydrogens (tertiary/aromatic N) is 3. The number of nitrogens with one attached hydrogen (secondary N) is 1. The predicted molar refractivity (Wildman–Crippen MR) is 96.5 cm³/mol. The van der Waals surface area contributed by atoms with Gasteiger partial charge in [-0.1, -0.05) is 31.0 Å². The van der Waals surface area contributed by atoms with Crippen LogP contribution in [0.4, 0.5) is 0 Å². The molecule has 1 saturated carbocycles. The van der Waals surface area contributed by atoms with Gasteiger partial charge >= 0.3 is 5.97 Å². The van der Waals surface area contributed by atoms with E-state index >= 15 is 0 Å². The molecule has 140 valence electrons.